The highest BCUT2D eigenvalue weighted by molar-refractivity contribution is 7.89. The number of nitrogens with zero attached hydrogens (tertiary/aromatic N) is 3. The Labute approximate surface area is 200 Å². The van der Waals surface area contributed by atoms with Crippen molar-refractivity contribution in [2.45, 2.75) is 37.2 Å². The lowest BCUT2D eigenvalue weighted by Gasteiger charge is -2.41. The monoisotopic (exact) mass is 486 g/mol. The van der Waals surface area contributed by atoms with E-state index in [9.17, 15) is 18.0 Å². The van der Waals surface area contributed by atoms with Crippen LogP contribution in [0.3, 0.4) is 0 Å². The molecule has 0 aliphatic carbocycles. The van der Waals surface area contributed by atoms with E-state index in [4.69, 9.17) is 9.88 Å². The van der Waals surface area contributed by atoms with Crippen molar-refractivity contribution in [2.24, 2.45) is 5.14 Å². The number of methoxy groups -OCH3 is 1. The van der Waals surface area contributed by atoms with Crippen LogP contribution in [0.4, 0.5) is 11.4 Å². The highest BCUT2D eigenvalue weighted by Crippen LogP contribution is 2.34. The van der Waals surface area contributed by atoms with Gasteiger partial charge in [0.2, 0.25) is 15.9 Å². The molecule has 2 atom stereocenters. The van der Waals surface area contributed by atoms with Crippen molar-refractivity contribution >= 4 is 33.3 Å². The molecule has 0 bridgehead atoms. The normalized spacial score (nSPS) is 20.8. The van der Waals surface area contributed by atoms with Gasteiger partial charge in [-0.15, -0.1) is 0 Å². The standard InChI is InChI=1S/C24H30N4O5S/c1-16-12-19-13-21(34(25,31)32)8-9-22(19)28(16)23(29)15-26-10-11-27(14-17(26)2)20-6-4-18(5-7-20)24(30)33-3/h4-9,13,16-17H,10-12,14-15H2,1-3H3,(H2,25,31,32). The molecule has 0 aromatic heterocycles. The Morgan fingerprint density at radius 2 is 1.76 bits per heavy atom. The Kier molecular flexibility index (Phi) is 6.66. The fourth-order valence-corrected chi connectivity index (χ4v) is 5.37. The fraction of sp³-hybridized carbons (Fsp3) is 0.417. The van der Waals surface area contributed by atoms with Crippen molar-refractivity contribution in [3.63, 3.8) is 0 Å². The smallest absolute Gasteiger partial charge is 0.337 e. The van der Waals surface area contributed by atoms with Crippen LogP contribution in [0.5, 0.6) is 0 Å². The first-order valence-corrected chi connectivity index (χ1v) is 12.8. The molecule has 1 amide bonds. The topological polar surface area (TPSA) is 113 Å². The molecule has 182 valence electrons. The zero-order chi connectivity index (χ0) is 24.6. The molecule has 34 heavy (non-hydrogen) atoms. The molecule has 2 aromatic carbocycles. The third-order valence-corrected chi connectivity index (χ3v) is 7.53. The SMILES string of the molecule is COC(=O)c1ccc(N2CCN(CC(=O)N3c4ccc(S(N)(=O)=O)cc4CC3C)C(C)C2)cc1. The number of ether oxygens (including phenoxy) is 1. The molecule has 0 saturated carbocycles. The lowest BCUT2D eigenvalue weighted by Crippen LogP contribution is -2.55. The number of amides is 1. The van der Waals surface area contributed by atoms with Crippen molar-refractivity contribution in [1.29, 1.82) is 0 Å². The van der Waals surface area contributed by atoms with Crippen molar-refractivity contribution in [1.82, 2.24) is 4.90 Å². The molecule has 4 rings (SSSR count). The van der Waals surface area contributed by atoms with E-state index in [1.54, 1.807) is 29.2 Å². The predicted octanol–water partition coefficient (Wildman–Crippen LogP) is 1.61. The van der Waals surface area contributed by atoms with Gasteiger partial charge in [0.25, 0.3) is 0 Å². The molecule has 0 radical (unpaired) electrons. The maximum Gasteiger partial charge on any atom is 0.337 e. The number of anilines is 2. The first-order chi connectivity index (χ1) is 16.1. The fourth-order valence-electron chi connectivity index (χ4n) is 4.81. The number of esters is 1. The van der Waals surface area contributed by atoms with Gasteiger partial charge < -0.3 is 14.5 Å². The third kappa shape index (κ3) is 4.79. The average molecular weight is 487 g/mol. The number of nitrogens with two attached hydrogens (primary N) is 1. The highest BCUT2D eigenvalue weighted by atomic mass is 32.2. The van der Waals surface area contributed by atoms with Crippen LogP contribution in [0.1, 0.15) is 29.8 Å². The van der Waals surface area contributed by atoms with Gasteiger partial charge in [-0.1, -0.05) is 0 Å². The molecule has 2 unspecified atom stereocenters. The van der Waals surface area contributed by atoms with E-state index in [0.29, 0.717) is 12.0 Å². The van der Waals surface area contributed by atoms with Crippen molar-refractivity contribution in [3.05, 3.63) is 53.6 Å². The van der Waals surface area contributed by atoms with Crippen LogP contribution in [0, 0.1) is 0 Å². The van der Waals surface area contributed by atoms with Crippen LogP contribution in [-0.4, -0.2) is 70.6 Å². The number of hydrogen-bond donors (Lipinski definition) is 1. The summed E-state index contributed by atoms with van der Waals surface area (Å²) in [5.74, 6) is -0.362. The summed E-state index contributed by atoms with van der Waals surface area (Å²) in [6, 6.07) is 12.2. The van der Waals surface area contributed by atoms with Crippen LogP contribution >= 0.6 is 0 Å². The van der Waals surface area contributed by atoms with Gasteiger partial charge >= 0.3 is 5.97 Å². The minimum Gasteiger partial charge on any atom is -0.465 e. The molecule has 2 N–H and O–H groups in total. The molecule has 10 heteroatoms. The number of fused-ring (bicyclic) bond motifs is 1. The molecule has 2 aliphatic heterocycles. The minimum atomic E-state index is -3.79. The molecule has 2 aromatic rings. The van der Waals surface area contributed by atoms with Gasteiger partial charge in [0.05, 0.1) is 24.1 Å². The lowest BCUT2D eigenvalue weighted by molar-refractivity contribution is -0.120. The summed E-state index contributed by atoms with van der Waals surface area (Å²) in [7, 11) is -2.42. The van der Waals surface area contributed by atoms with Crippen molar-refractivity contribution < 1.29 is 22.7 Å². The van der Waals surface area contributed by atoms with Crippen LogP contribution < -0.4 is 14.9 Å². The number of benzene rings is 2. The molecule has 1 saturated heterocycles. The Morgan fingerprint density at radius 3 is 2.38 bits per heavy atom. The third-order valence-electron chi connectivity index (χ3n) is 6.62. The lowest BCUT2D eigenvalue weighted by atomic mass is 10.1. The quantitative estimate of drug-likeness (QED) is 0.639. The number of piperazine rings is 1. The van der Waals surface area contributed by atoms with Crippen LogP contribution in [0.15, 0.2) is 47.4 Å². The van der Waals surface area contributed by atoms with E-state index in [2.05, 4.69) is 16.7 Å². The molecule has 1 fully saturated rings. The van der Waals surface area contributed by atoms with Crippen molar-refractivity contribution in [2.75, 3.05) is 43.1 Å². The largest absolute Gasteiger partial charge is 0.465 e. The molecule has 2 heterocycles. The molecule has 0 spiro atoms. The van der Waals surface area contributed by atoms with E-state index >= 15 is 0 Å². The van der Waals surface area contributed by atoms with Gasteiger partial charge in [-0.05, 0) is 68.3 Å². The Bertz CT molecular complexity index is 1200. The van der Waals surface area contributed by atoms with Crippen LogP contribution in [0.2, 0.25) is 0 Å². The van der Waals surface area contributed by atoms with E-state index in [0.717, 1.165) is 36.6 Å². The first kappa shape index (κ1) is 24.2. The number of hydrogen-bond acceptors (Lipinski definition) is 7. The summed E-state index contributed by atoms with van der Waals surface area (Å²) < 4.78 is 28.1. The van der Waals surface area contributed by atoms with Crippen molar-refractivity contribution in [3.8, 4) is 0 Å². The van der Waals surface area contributed by atoms with Gasteiger partial charge in [0, 0.05) is 43.1 Å². The van der Waals surface area contributed by atoms with Gasteiger partial charge in [-0.3, -0.25) is 9.69 Å². The molecule has 2 aliphatic rings. The zero-order valence-corrected chi connectivity index (χ0v) is 20.4. The Hall–Kier alpha value is -2.95. The average Bonchev–Trinajstić information content (AvgIpc) is 3.14. The summed E-state index contributed by atoms with van der Waals surface area (Å²) in [4.78, 5) is 31.2. The summed E-state index contributed by atoms with van der Waals surface area (Å²) in [5.41, 5.74) is 3.11. The maximum absolute atomic E-state index is 13.3. The zero-order valence-electron chi connectivity index (χ0n) is 19.6. The number of sulfonamides is 1. The minimum absolute atomic E-state index is 0.00247. The van der Waals surface area contributed by atoms with Crippen LogP contribution in [0.25, 0.3) is 0 Å². The Balaban J connectivity index is 1.41. The van der Waals surface area contributed by atoms with Gasteiger partial charge in [0.15, 0.2) is 0 Å². The summed E-state index contributed by atoms with van der Waals surface area (Å²) in [6.07, 6.45) is 0.593. The second-order valence-electron chi connectivity index (χ2n) is 8.96. The second kappa shape index (κ2) is 9.36. The van der Waals surface area contributed by atoms with E-state index in [1.807, 2.05) is 19.1 Å². The molecular formula is C24H30N4O5S. The number of primary sulfonamides is 1. The van der Waals surface area contributed by atoms with Crippen LogP contribution in [-0.2, 0) is 26.0 Å². The number of carbonyl (C=O) groups excluding carboxylic acids is 2. The van der Waals surface area contributed by atoms with Gasteiger partial charge in [-0.25, -0.2) is 18.4 Å². The van der Waals surface area contributed by atoms with E-state index in [-0.39, 0.29) is 35.4 Å². The summed E-state index contributed by atoms with van der Waals surface area (Å²) in [5, 5.41) is 5.26. The highest BCUT2D eigenvalue weighted by Gasteiger charge is 2.34. The second-order valence-corrected chi connectivity index (χ2v) is 10.5. The number of rotatable bonds is 5. The maximum atomic E-state index is 13.3. The predicted molar refractivity (Wildman–Crippen MR) is 129 cm³/mol. The molecule has 9 nitrogen and oxygen atoms in total. The summed E-state index contributed by atoms with van der Waals surface area (Å²) >= 11 is 0. The van der Waals surface area contributed by atoms with E-state index in [1.165, 1.54) is 13.2 Å². The van der Waals surface area contributed by atoms with E-state index < -0.39 is 10.0 Å². The van der Waals surface area contributed by atoms with Gasteiger partial charge in [0.1, 0.15) is 0 Å². The molecular weight excluding hydrogens is 456 g/mol. The van der Waals surface area contributed by atoms with Gasteiger partial charge in [-0.2, -0.15) is 0 Å². The number of carbonyl (C=O) groups is 2. The first-order valence-electron chi connectivity index (χ1n) is 11.2. The Morgan fingerprint density at radius 1 is 1.06 bits per heavy atom. The summed E-state index contributed by atoms with van der Waals surface area (Å²) in [6.45, 7) is 6.60.